The van der Waals surface area contributed by atoms with Crippen LogP contribution < -0.4 is 5.73 Å². The van der Waals surface area contributed by atoms with Gasteiger partial charge >= 0.3 is 0 Å². The Hall–Kier alpha value is -0.730. The summed E-state index contributed by atoms with van der Waals surface area (Å²) >= 11 is 6.09. The van der Waals surface area contributed by atoms with E-state index in [0.717, 1.165) is 42.2 Å². The van der Waals surface area contributed by atoms with Crippen LogP contribution in [0, 0.1) is 11.8 Å². The molecule has 0 saturated heterocycles. The average Bonchev–Trinajstić information content (AvgIpc) is 2.31. The summed E-state index contributed by atoms with van der Waals surface area (Å²) in [6.07, 6.45) is 2.46. The van der Waals surface area contributed by atoms with Crippen LogP contribution in [-0.2, 0) is 6.54 Å². The van der Waals surface area contributed by atoms with Crippen molar-refractivity contribution in [3.63, 3.8) is 0 Å². The van der Waals surface area contributed by atoms with Gasteiger partial charge < -0.3 is 5.73 Å². The maximum Gasteiger partial charge on any atom is 0.0429 e. The standard InChI is InChI=1S/C17H29ClN2/c1-13(2)5-7-20(8-6-14(3)4)12-15-9-16(18)11-17(19)10-15/h9-11,13-14H,5-8,12,19H2,1-4H3. The number of hydrogen-bond donors (Lipinski definition) is 1. The minimum Gasteiger partial charge on any atom is -0.399 e. The molecule has 0 amide bonds. The second kappa shape index (κ2) is 8.53. The Morgan fingerprint density at radius 3 is 2.00 bits per heavy atom. The van der Waals surface area contributed by atoms with Crippen LogP contribution in [0.25, 0.3) is 0 Å². The molecule has 1 aromatic carbocycles. The van der Waals surface area contributed by atoms with E-state index in [1.165, 1.54) is 18.4 Å². The van der Waals surface area contributed by atoms with E-state index in [1.54, 1.807) is 6.07 Å². The summed E-state index contributed by atoms with van der Waals surface area (Å²) in [5.41, 5.74) is 7.84. The average molecular weight is 297 g/mol. The van der Waals surface area contributed by atoms with Crippen LogP contribution >= 0.6 is 11.6 Å². The lowest BCUT2D eigenvalue weighted by Crippen LogP contribution is -2.27. The molecular weight excluding hydrogens is 268 g/mol. The van der Waals surface area contributed by atoms with Crippen LogP contribution in [0.5, 0.6) is 0 Å². The summed E-state index contributed by atoms with van der Waals surface area (Å²) in [6.45, 7) is 12.3. The van der Waals surface area contributed by atoms with Crippen molar-refractivity contribution in [2.24, 2.45) is 11.8 Å². The first-order chi connectivity index (χ1) is 9.36. The SMILES string of the molecule is CC(C)CCN(CCC(C)C)Cc1cc(N)cc(Cl)c1. The molecule has 0 saturated carbocycles. The molecule has 114 valence electrons. The summed E-state index contributed by atoms with van der Waals surface area (Å²) in [5, 5.41) is 0.729. The van der Waals surface area contributed by atoms with Crippen LogP contribution in [0.1, 0.15) is 46.1 Å². The third kappa shape index (κ3) is 7.16. The van der Waals surface area contributed by atoms with Crippen molar-refractivity contribution in [2.75, 3.05) is 18.8 Å². The van der Waals surface area contributed by atoms with Crippen LogP contribution in [0.2, 0.25) is 5.02 Å². The summed E-state index contributed by atoms with van der Waals surface area (Å²) in [4.78, 5) is 2.52. The number of rotatable bonds is 8. The van der Waals surface area contributed by atoms with Gasteiger partial charge in [0.2, 0.25) is 0 Å². The number of nitrogens with two attached hydrogens (primary N) is 1. The molecule has 0 unspecified atom stereocenters. The molecule has 2 nitrogen and oxygen atoms in total. The molecule has 2 N–H and O–H groups in total. The molecule has 0 spiro atoms. The van der Waals surface area contributed by atoms with E-state index in [-0.39, 0.29) is 0 Å². The highest BCUT2D eigenvalue weighted by molar-refractivity contribution is 6.30. The predicted molar refractivity (Wildman–Crippen MR) is 90.1 cm³/mol. The number of anilines is 1. The maximum atomic E-state index is 6.09. The zero-order chi connectivity index (χ0) is 15.1. The van der Waals surface area contributed by atoms with E-state index < -0.39 is 0 Å². The molecule has 3 heteroatoms. The van der Waals surface area contributed by atoms with Gasteiger partial charge in [0, 0.05) is 17.3 Å². The van der Waals surface area contributed by atoms with Gasteiger partial charge in [0.25, 0.3) is 0 Å². The monoisotopic (exact) mass is 296 g/mol. The Morgan fingerprint density at radius 1 is 1.00 bits per heavy atom. The number of nitrogens with zero attached hydrogens (tertiary/aromatic N) is 1. The lowest BCUT2D eigenvalue weighted by atomic mass is 10.1. The summed E-state index contributed by atoms with van der Waals surface area (Å²) < 4.78 is 0. The first-order valence-electron chi connectivity index (χ1n) is 7.64. The molecular formula is C17H29ClN2. The minimum absolute atomic E-state index is 0.729. The van der Waals surface area contributed by atoms with Crippen molar-refractivity contribution in [1.82, 2.24) is 4.90 Å². The van der Waals surface area contributed by atoms with Crippen LogP contribution in [0.15, 0.2) is 18.2 Å². The van der Waals surface area contributed by atoms with Gasteiger partial charge in [0.1, 0.15) is 0 Å². The zero-order valence-electron chi connectivity index (χ0n) is 13.3. The Labute approximate surface area is 129 Å². The zero-order valence-corrected chi connectivity index (χ0v) is 14.1. The fraction of sp³-hybridized carbons (Fsp3) is 0.647. The van der Waals surface area contributed by atoms with E-state index >= 15 is 0 Å². The van der Waals surface area contributed by atoms with Crippen LogP contribution in [-0.4, -0.2) is 18.0 Å². The lowest BCUT2D eigenvalue weighted by molar-refractivity contribution is 0.236. The van der Waals surface area contributed by atoms with Gasteiger partial charge in [-0.15, -0.1) is 0 Å². The Bertz CT molecular complexity index is 370. The van der Waals surface area contributed by atoms with Gasteiger partial charge in [-0.25, -0.2) is 0 Å². The third-order valence-corrected chi connectivity index (χ3v) is 3.65. The molecule has 0 bridgehead atoms. The molecule has 0 heterocycles. The Balaban J connectivity index is 2.66. The fourth-order valence-electron chi connectivity index (χ4n) is 2.18. The molecule has 0 aliphatic heterocycles. The van der Waals surface area contributed by atoms with Crippen molar-refractivity contribution in [3.05, 3.63) is 28.8 Å². The summed E-state index contributed by atoms with van der Waals surface area (Å²) in [7, 11) is 0. The van der Waals surface area contributed by atoms with E-state index in [2.05, 4.69) is 32.6 Å². The second-order valence-electron chi connectivity index (χ2n) is 6.53. The van der Waals surface area contributed by atoms with E-state index in [4.69, 9.17) is 17.3 Å². The first-order valence-corrected chi connectivity index (χ1v) is 8.02. The quantitative estimate of drug-likeness (QED) is 0.697. The largest absolute Gasteiger partial charge is 0.399 e. The van der Waals surface area contributed by atoms with Crippen molar-refractivity contribution < 1.29 is 0 Å². The van der Waals surface area contributed by atoms with Gasteiger partial charge in [0.05, 0.1) is 0 Å². The number of benzene rings is 1. The van der Waals surface area contributed by atoms with Crippen LogP contribution in [0.4, 0.5) is 5.69 Å². The minimum atomic E-state index is 0.729. The Morgan fingerprint density at radius 2 is 1.55 bits per heavy atom. The smallest absolute Gasteiger partial charge is 0.0429 e. The Kier molecular flexibility index (Phi) is 7.39. The number of nitrogen functional groups attached to an aromatic ring is 1. The van der Waals surface area contributed by atoms with Gasteiger partial charge in [-0.2, -0.15) is 0 Å². The third-order valence-electron chi connectivity index (χ3n) is 3.43. The molecule has 0 aliphatic carbocycles. The van der Waals surface area contributed by atoms with Crippen molar-refractivity contribution >= 4 is 17.3 Å². The fourth-order valence-corrected chi connectivity index (χ4v) is 2.44. The van der Waals surface area contributed by atoms with Gasteiger partial charge in [-0.3, -0.25) is 4.90 Å². The highest BCUT2D eigenvalue weighted by Gasteiger charge is 2.09. The molecule has 0 fully saturated rings. The molecule has 0 atom stereocenters. The normalized spacial score (nSPS) is 11.8. The maximum absolute atomic E-state index is 6.09. The molecule has 0 aliphatic rings. The van der Waals surface area contributed by atoms with Crippen molar-refractivity contribution in [1.29, 1.82) is 0 Å². The van der Waals surface area contributed by atoms with Crippen LogP contribution in [0.3, 0.4) is 0 Å². The molecule has 1 rings (SSSR count). The molecule has 0 aromatic heterocycles. The number of halogens is 1. The summed E-state index contributed by atoms with van der Waals surface area (Å²) in [5.74, 6) is 1.47. The number of hydrogen-bond acceptors (Lipinski definition) is 2. The van der Waals surface area contributed by atoms with E-state index in [1.807, 2.05) is 12.1 Å². The summed E-state index contributed by atoms with van der Waals surface area (Å²) in [6, 6.07) is 5.86. The molecule has 20 heavy (non-hydrogen) atoms. The lowest BCUT2D eigenvalue weighted by Gasteiger charge is -2.24. The molecule has 0 radical (unpaired) electrons. The first kappa shape index (κ1) is 17.3. The van der Waals surface area contributed by atoms with E-state index in [9.17, 15) is 0 Å². The van der Waals surface area contributed by atoms with Gasteiger partial charge in [-0.1, -0.05) is 39.3 Å². The van der Waals surface area contributed by atoms with Crippen molar-refractivity contribution in [3.8, 4) is 0 Å². The van der Waals surface area contributed by atoms with Gasteiger partial charge in [0.15, 0.2) is 0 Å². The highest BCUT2D eigenvalue weighted by atomic mass is 35.5. The van der Waals surface area contributed by atoms with E-state index in [0.29, 0.717) is 0 Å². The highest BCUT2D eigenvalue weighted by Crippen LogP contribution is 2.19. The van der Waals surface area contributed by atoms with Gasteiger partial charge in [-0.05, 0) is 61.5 Å². The predicted octanol–water partition coefficient (Wildman–Crippen LogP) is 4.82. The topological polar surface area (TPSA) is 29.3 Å². The molecule has 1 aromatic rings. The second-order valence-corrected chi connectivity index (χ2v) is 6.97. The van der Waals surface area contributed by atoms with Crippen molar-refractivity contribution in [2.45, 2.75) is 47.1 Å².